The van der Waals surface area contributed by atoms with Crippen LogP contribution < -0.4 is 5.32 Å². The fraction of sp³-hybridized carbons (Fsp3) is 0.100. The normalized spacial score (nSPS) is 13.5. The van der Waals surface area contributed by atoms with Crippen molar-refractivity contribution in [1.29, 1.82) is 0 Å². The van der Waals surface area contributed by atoms with Crippen molar-refractivity contribution in [2.75, 3.05) is 11.9 Å². The van der Waals surface area contributed by atoms with E-state index in [-0.39, 0.29) is 0 Å². The SMILES string of the molecule is Cc1cccc(Nc2nc3cc(C4=NN=NC4)ccc3c3sccc23)c1. The van der Waals surface area contributed by atoms with Crippen molar-refractivity contribution in [2.24, 2.45) is 15.4 Å². The first kappa shape index (κ1) is 15.2. The van der Waals surface area contributed by atoms with Gasteiger partial charge >= 0.3 is 0 Å². The highest BCUT2D eigenvalue weighted by molar-refractivity contribution is 7.18. The summed E-state index contributed by atoms with van der Waals surface area (Å²) in [5.74, 6) is 0.874. The first-order chi connectivity index (χ1) is 12.8. The molecule has 0 spiro atoms. The summed E-state index contributed by atoms with van der Waals surface area (Å²) >= 11 is 1.74. The lowest BCUT2D eigenvalue weighted by atomic mass is 10.1. The van der Waals surface area contributed by atoms with Crippen LogP contribution in [0, 0.1) is 6.92 Å². The Bertz CT molecular complexity index is 1210. The van der Waals surface area contributed by atoms with Crippen molar-refractivity contribution in [3.63, 3.8) is 0 Å². The lowest BCUT2D eigenvalue weighted by molar-refractivity contribution is 1.06. The molecule has 2 aromatic carbocycles. The van der Waals surface area contributed by atoms with Crippen LogP contribution >= 0.6 is 11.3 Å². The summed E-state index contributed by atoms with van der Waals surface area (Å²) in [4.78, 5) is 4.91. The standard InChI is InChI=1S/C20H15N5S/c1-12-3-2-4-14(9-12)22-20-16-7-8-26-19(16)15-6-5-13(10-17(15)23-20)18-11-21-25-24-18/h2-10H,11H2,1H3,(H,22,23). The molecule has 4 aromatic rings. The van der Waals surface area contributed by atoms with Gasteiger partial charge in [-0.15, -0.1) is 16.4 Å². The van der Waals surface area contributed by atoms with E-state index < -0.39 is 0 Å². The van der Waals surface area contributed by atoms with E-state index in [0.717, 1.165) is 39.1 Å². The Labute approximate surface area is 154 Å². The third kappa shape index (κ3) is 2.55. The summed E-state index contributed by atoms with van der Waals surface area (Å²) in [6.45, 7) is 2.62. The van der Waals surface area contributed by atoms with Crippen LogP contribution in [0.15, 0.2) is 69.3 Å². The topological polar surface area (TPSA) is 62.0 Å². The second-order valence-electron chi connectivity index (χ2n) is 6.29. The number of rotatable bonds is 3. The van der Waals surface area contributed by atoms with Crippen molar-refractivity contribution >= 4 is 49.5 Å². The molecule has 0 unspecified atom stereocenters. The van der Waals surface area contributed by atoms with Crippen LogP contribution in [-0.2, 0) is 0 Å². The zero-order valence-electron chi connectivity index (χ0n) is 14.1. The predicted octanol–water partition coefficient (Wildman–Crippen LogP) is 5.67. The molecule has 6 heteroatoms. The first-order valence-electron chi connectivity index (χ1n) is 8.36. The Morgan fingerprint density at radius 1 is 1.04 bits per heavy atom. The molecule has 26 heavy (non-hydrogen) atoms. The Hall–Kier alpha value is -3.12. The van der Waals surface area contributed by atoms with Crippen molar-refractivity contribution < 1.29 is 0 Å². The van der Waals surface area contributed by atoms with Crippen LogP contribution in [0.1, 0.15) is 11.1 Å². The first-order valence-corrected chi connectivity index (χ1v) is 9.24. The van der Waals surface area contributed by atoms with Crippen molar-refractivity contribution in [3.8, 4) is 0 Å². The molecule has 1 N–H and O–H groups in total. The minimum Gasteiger partial charge on any atom is -0.340 e. The van der Waals surface area contributed by atoms with Crippen LogP contribution in [0.3, 0.4) is 0 Å². The van der Waals surface area contributed by atoms with Gasteiger partial charge in [0.05, 0.1) is 11.2 Å². The highest BCUT2D eigenvalue weighted by Crippen LogP contribution is 2.35. The number of benzene rings is 2. The van der Waals surface area contributed by atoms with Gasteiger partial charge in [0, 0.05) is 26.7 Å². The van der Waals surface area contributed by atoms with E-state index in [4.69, 9.17) is 4.98 Å². The molecule has 1 aliphatic heterocycles. The molecule has 0 amide bonds. The Morgan fingerprint density at radius 3 is 2.85 bits per heavy atom. The summed E-state index contributed by atoms with van der Waals surface area (Å²) in [6, 6.07) is 16.7. The maximum atomic E-state index is 4.91. The predicted molar refractivity (Wildman–Crippen MR) is 108 cm³/mol. The molecular weight excluding hydrogens is 342 g/mol. The summed E-state index contributed by atoms with van der Waals surface area (Å²) < 4.78 is 1.24. The second-order valence-corrected chi connectivity index (χ2v) is 7.20. The third-order valence-corrected chi connectivity index (χ3v) is 5.41. The molecule has 0 aliphatic carbocycles. The number of hydrogen-bond acceptors (Lipinski definition) is 6. The van der Waals surface area contributed by atoms with Crippen molar-refractivity contribution in [1.82, 2.24) is 4.98 Å². The molecule has 126 valence electrons. The number of hydrogen-bond donors (Lipinski definition) is 1. The van der Waals surface area contributed by atoms with Crippen LogP contribution in [0.2, 0.25) is 0 Å². The van der Waals surface area contributed by atoms with Crippen molar-refractivity contribution in [2.45, 2.75) is 6.92 Å². The number of nitrogens with zero attached hydrogens (tertiary/aromatic N) is 4. The molecule has 5 rings (SSSR count). The lowest BCUT2D eigenvalue weighted by Gasteiger charge is -2.10. The molecule has 1 aliphatic rings. The van der Waals surface area contributed by atoms with Crippen LogP contribution in [0.4, 0.5) is 11.5 Å². The van der Waals surface area contributed by atoms with E-state index in [2.05, 4.69) is 75.5 Å². The van der Waals surface area contributed by atoms with Gasteiger partial charge in [0.15, 0.2) is 0 Å². The van der Waals surface area contributed by atoms with Crippen LogP contribution in [0.5, 0.6) is 0 Å². The number of thiophene rings is 1. The summed E-state index contributed by atoms with van der Waals surface area (Å²) in [5, 5.41) is 19.6. The van der Waals surface area contributed by atoms with Gasteiger partial charge in [0.25, 0.3) is 0 Å². The van der Waals surface area contributed by atoms with Gasteiger partial charge in [0.2, 0.25) is 0 Å². The van der Waals surface area contributed by atoms with Crippen LogP contribution in [0.25, 0.3) is 21.0 Å². The summed E-state index contributed by atoms with van der Waals surface area (Å²) in [7, 11) is 0. The Morgan fingerprint density at radius 2 is 2.00 bits per heavy atom. The molecule has 0 radical (unpaired) electrons. The number of fused-ring (bicyclic) bond motifs is 3. The molecule has 3 heterocycles. The van der Waals surface area contributed by atoms with Gasteiger partial charge in [-0.1, -0.05) is 24.3 Å². The molecular formula is C20H15N5S. The number of aromatic nitrogens is 1. The second kappa shape index (κ2) is 6.00. The Kier molecular flexibility index (Phi) is 3.50. The van der Waals surface area contributed by atoms with E-state index in [1.54, 1.807) is 11.3 Å². The quantitative estimate of drug-likeness (QED) is 0.513. The van der Waals surface area contributed by atoms with E-state index in [1.165, 1.54) is 10.3 Å². The molecule has 5 nitrogen and oxygen atoms in total. The fourth-order valence-electron chi connectivity index (χ4n) is 3.20. The monoisotopic (exact) mass is 357 g/mol. The zero-order valence-corrected chi connectivity index (χ0v) is 14.9. The smallest absolute Gasteiger partial charge is 0.139 e. The molecule has 2 aromatic heterocycles. The minimum atomic E-state index is 0.529. The number of anilines is 2. The van der Waals surface area contributed by atoms with Crippen LogP contribution in [-0.4, -0.2) is 17.2 Å². The summed E-state index contributed by atoms with van der Waals surface area (Å²) in [5.41, 5.74) is 5.10. The zero-order chi connectivity index (χ0) is 17.5. The number of nitrogens with one attached hydrogen (secondary N) is 1. The molecule has 0 saturated carbocycles. The van der Waals surface area contributed by atoms with Gasteiger partial charge in [-0.25, -0.2) is 4.98 Å². The van der Waals surface area contributed by atoms with Gasteiger partial charge in [0.1, 0.15) is 12.4 Å². The Balaban J connectivity index is 1.67. The van der Waals surface area contributed by atoms with Gasteiger partial charge in [-0.05, 0) is 47.4 Å². The van der Waals surface area contributed by atoms with E-state index in [9.17, 15) is 0 Å². The van der Waals surface area contributed by atoms with Crippen molar-refractivity contribution in [3.05, 3.63) is 65.0 Å². The highest BCUT2D eigenvalue weighted by Gasteiger charge is 2.13. The maximum Gasteiger partial charge on any atom is 0.139 e. The molecule has 0 saturated heterocycles. The lowest BCUT2D eigenvalue weighted by Crippen LogP contribution is -2.02. The third-order valence-electron chi connectivity index (χ3n) is 4.46. The number of aryl methyl sites for hydroxylation is 1. The molecule has 0 atom stereocenters. The van der Waals surface area contributed by atoms with Gasteiger partial charge in [-0.3, -0.25) is 0 Å². The van der Waals surface area contributed by atoms with Gasteiger partial charge in [-0.2, -0.15) is 5.11 Å². The molecule has 0 bridgehead atoms. The average Bonchev–Trinajstić information content (AvgIpc) is 3.33. The maximum absolute atomic E-state index is 4.91. The van der Waals surface area contributed by atoms with E-state index >= 15 is 0 Å². The highest BCUT2D eigenvalue weighted by atomic mass is 32.1. The largest absolute Gasteiger partial charge is 0.340 e. The number of pyridine rings is 1. The average molecular weight is 357 g/mol. The summed E-state index contributed by atoms with van der Waals surface area (Å²) in [6.07, 6.45) is 0. The molecule has 0 fully saturated rings. The fourth-order valence-corrected chi connectivity index (χ4v) is 4.13. The van der Waals surface area contributed by atoms with Gasteiger partial charge < -0.3 is 5.32 Å². The minimum absolute atomic E-state index is 0.529. The van der Waals surface area contributed by atoms with E-state index in [1.807, 2.05) is 6.07 Å². The van der Waals surface area contributed by atoms with E-state index in [0.29, 0.717) is 6.54 Å².